The van der Waals surface area contributed by atoms with Crippen LogP contribution in [0.3, 0.4) is 0 Å². The molecule has 1 aliphatic rings. The quantitative estimate of drug-likeness (QED) is 0.793. The molecular weight excluding hydrogens is 342 g/mol. The third-order valence-electron chi connectivity index (χ3n) is 5.33. The van der Waals surface area contributed by atoms with E-state index in [1.165, 1.54) is 7.11 Å². The molecule has 27 heavy (non-hydrogen) atoms. The van der Waals surface area contributed by atoms with Crippen molar-refractivity contribution in [3.8, 4) is 5.75 Å². The highest BCUT2D eigenvalue weighted by Gasteiger charge is 2.32. The Balaban J connectivity index is 2.37. The monoisotopic (exact) mass is 375 g/mol. The van der Waals surface area contributed by atoms with Crippen molar-refractivity contribution in [1.82, 2.24) is 4.90 Å². The molecule has 0 aliphatic carbocycles. The van der Waals surface area contributed by atoms with Gasteiger partial charge in [0.2, 0.25) is 0 Å². The summed E-state index contributed by atoms with van der Waals surface area (Å²) in [5.74, 6) is -0.476. The van der Waals surface area contributed by atoms with Gasteiger partial charge in [-0.15, -0.1) is 0 Å². The molecule has 0 saturated carbocycles. The minimum Gasteiger partial charge on any atom is -0.507 e. The molecule has 1 aliphatic heterocycles. The summed E-state index contributed by atoms with van der Waals surface area (Å²) in [6, 6.07) is 3.83. The van der Waals surface area contributed by atoms with E-state index in [4.69, 9.17) is 4.74 Å². The summed E-state index contributed by atoms with van der Waals surface area (Å²) >= 11 is 0. The van der Waals surface area contributed by atoms with Gasteiger partial charge in [0.15, 0.2) is 0 Å². The SMILES string of the molecule is COC(=O)C1CCN(C(=O)c2cc(C(C)(C)C)cc(C(C)(C)C)c2O)CC1. The second-order valence-corrected chi connectivity index (χ2v) is 9.51. The zero-order valence-corrected chi connectivity index (χ0v) is 17.7. The maximum absolute atomic E-state index is 13.2. The number of ether oxygens (including phenoxy) is 1. The van der Waals surface area contributed by atoms with Crippen LogP contribution in [0.1, 0.15) is 75.9 Å². The Labute approximate surface area is 162 Å². The molecule has 1 aromatic rings. The molecule has 5 heteroatoms. The normalized spacial score (nSPS) is 16.3. The summed E-state index contributed by atoms with van der Waals surface area (Å²) in [6.07, 6.45) is 1.18. The molecule has 1 amide bonds. The zero-order valence-electron chi connectivity index (χ0n) is 17.7. The Hall–Kier alpha value is -2.04. The van der Waals surface area contributed by atoms with Crippen molar-refractivity contribution in [1.29, 1.82) is 0 Å². The lowest BCUT2D eigenvalue weighted by Gasteiger charge is -2.32. The van der Waals surface area contributed by atoms with E-state index in [2.05, 4.69) is 20.8 Å². The first kappa shape index (κ1) is 21.3. The number of hydrogen-bond acceptors (Lipinski definition) is 4. The maximum atomic E-state index is 13.2. The first-order valence-electron chi connectivity index (χ1n) is 9.61. The van der Waals surface area contributed by atoms with Gasteiger partial charge >= 0.3 is 5.97 Å². The van der Waals surface area contributed by atoms with Crippen molar-refractivity contribution >= 4 is 11.9 Å². The van der Waals surface area contributed by atoms with E-state index >= 15 is 0 Å². The lowest BCUT2D eigenvalue weighted by atomic mass is 9.78. The van der Waals surface area contributed by atoms with Gasteiger partial charge in [-0.05, 0) is 35.3 Å². The average Bonchev–Trinajstić information content (AvgIpc) is 2.58. The van der Waals surface area contributed by atoms with E-state index in [0.29, 0.717) is 31.5 Å². The molecule has 1 saturated heterocycles. The van der Waals surface area contributed by atoms with E-state index in [1.807, 2.05) is 32.9 Å². The van der Waals surface area contributed by atoms with Crippen molar-refractivity contribution in [2.75, 3.05) is 20.2 Å². The molecule has 5 nitrogen and oxygen atoms in total. The highest BCUT2D eigenvalue weighted by molar-refractivity contribution is 5.98. The van der Waals surface area contributed by atoms with E-state index in [9.17, 15) is 14.7 Å². The fourth-order valence-corrected chi connectivity index (χ4v) is 3.46. The smallest absolute Gasteiger partial charge is 0.308 e. The Morgan fingerprint density at radius 1 is 1.04 bits per heavy atom. The second-order valence-electron chi connectivity index (χ2n) is 9.51. The van der Waals surface area contributed by atoms with Crippen molar-refractivity contribution in [3.63, 3.8) is 0 Å². The first-order valence-corrected chi connectivity index (χ1v) is 9.61. The predicted molar refractivity (Wildman–Crippen MR) is 106 cm³/mol. The fourth-order valence-electron chi connectivity index (χ4n) is 3.46. The van der Waals surface area contributed by atoms with E-state index in [-0.39, 0.29) is 34.4 Å². The molecular formula is C22H33NO4. The summed E-state index contributed by atoms with van der Waals surface area (Å²) in [6.45, 7) is 13.4. The van der Waals surface area contributed by atoms with Crippen LogP contribution in [0, 0.1) is 5.92 Å². The first-order chi connectivity index (χ1) is 12.4. The molecule has 0 aromatic heterocycles. The van der Waals surface area contributed by atoms with Gasteiger partial charge in [-0.2, -0.15) is 0 Å². The third-order valence-corrected chi connectivity index (χ3v) is 5.33. The van der Waals surface area contributed by atoms with Crippen LogP contribution >= 0.6 is 0 Å². The highest BCUT2D eigenvalue weighted by Crippen LogP contribution is 2.38. The molecule has 1 fully saturated rings. The van der Waals surface area contributed by atoms with Crippen LogP contribution in [0.15, 0.2) is 12.1 Å². The number of hydrogen-bond donors (Lipinski definition) is 1. The molecule has 0 radical (unpaired) electrons. The van der Waals surface area contributed by atoms with Crippen molar-refractivity contribution in [2.24, 2.45) is 5.92 Å². The summed E-state index contributed by atoms with van der Waals surface area (Å²) in [7, 11) is 1.39. The van der Waals surface area contributed by atoms with Crippen LogP contribution in [-0.4, -0.2) is 42.1 Å². The minimum atomic E-state index is -0.280. The number of aromatic hydroxyl groups is 1. The Morgan fingerprint density at radius 2 is 1.59 bits per heavy atom. The van der Waals surface area contributed by atoms with Gasteiger partial charge in [-0.3, -0.25) is 9.59 Å². The number of methoxy groups -OCH3 is 1. The standard InChI is InChI=1S/C22H33NO4/c1-21(2,3)15-12-16(18(24)17(13-15)22(4,5)6)19(25)23-10-8-14(9-11-23)20(26)27-7/h12-14,24H,8-11H2,1-7H3. The molecule has 0 unspecified atom stereocenters. The highest BCUT2D eigenvalue weighted by atomic mass is 16.5. The van der Waals surface area contributed by atoms with Gasteiger partial charge in [-0.25, -0.2) is 0 Å². The van der Waals surface area contributed by atoms with Gasteiger partial charge in [0.05, 0.1) is 18.6 Å². The topological polar surface area (TPSA) is 66.8 Å². The summed E-state index contributed by atoms with van der Waals surface area (Å²) in [5.41, 5.74) is 1.74. The van der Waals surface area contributed by atoms with Gasteiger partial charge in [-0.1, -0.05) is 47.6 Å². The van der Waals surface area contributed by atoms with E-state index in [1.54, 1.807) is 4.90 Å². The molecule has 1 N–H and O–H groups in total. The summed E-state index contributed by atoms with van der Waals surface area (Å²) in [5, 5.41) is 10.9. The molecule has 0 spiro atoms. The van der Waals surface area contributed by atoms with Crippen LogP contribution in [0.25, 0.3) is 0 Å². The number of likely N-dealkylation sites (tertiary alicyclic amines) is 1. The molecule has 0 atom stereocenters. The van der Waals surface area contributed by atoms with Crippen molar-refractivity contribution in [3.05, 3.63) is 28.8 Å². The summed E-state index contributed by atoms with van der Waals surface area (Å²) in [4.78, 5) is 26.6. The molecule has 1 aromatic carbocycles. The number of nitrogens with zero attached hydrogens (tertiary/aromatic N) is 1. The number of rotatable bonds is 2. The van der Waals surface area contributed by atoms with Gasteiger partial charge in [0.1, 0.15) is 5.75 Å². The fraction of sp³-hybridized carbons (Fsp3) is 0.636. The van der Waals surface area contributed by atoms with Crippen LogP contribution in [0.5, 0.6) is 5.75 Å². The Kier molecular flexibility index (Phi) is 5.93. The van der Waals surface area contributed by atoms with Crippen LogP contribution in [0.2, 0.25) is 0 Å². The van der Waals surface area contributed by atoms with E-state index in [0.717, 1.165) is 11.1 Å². The van der Waals surface area contributed by atoms with Gasteiger partial charge in [0, 0.05) is 18.7 Å². The Morgan fingerprint density at radius 3 is 2.04 bits per heavy atom. The van der Waals surface area contributed by atoms with Crippen LogP contribution in [0.4, 0.5) is 0 Å². The molecule has 2 rings (SSSR count). The number of carbonyl (C=O) groups excluding carboxylic acids is 2. The number of carbonyl (C=O) groups is 2. The number of benzene rings is 1. The number of phenols is 1. The number of piperidine rings is 1. The van der Waals surface area contributed by atoms with Crippen LogP contribution in [-0.2, 0) is 20.4 Å². The lowest BCUT2D eigenvalue weighted by Crippen LogP contribution is -2.40. The summed E-state index contributed by atoms with van der Waals surface area (Å²) < 4.78 is 4.81. The van der Waals surface area contributed by atoms with Crippen molar-refractivity contribution in [2.45, 2.75) is 65.2 Å². The molecule has 0 bridgehead atoms. The second kappa shape index (κ2) is 7.53. The maximum Gasteiger partial charge on any atom is 0.308 e. The van der Waals surface area contributed by atoms with Gasteiger partial charge < -0.3 is 14.7 Å². The largest absolute Gasteiger partial charge is 0.507 e. The third kappa shape index (κ3) is 4.63. The van der Waals surface area contributed by atoms with Crippen LogP contribution < -0.4 is 0 Å². The number of amides is 1. The number of phenolic OH excluding ortho intramolecular Hbond substituents is 1. The average molecular weight is 376 g/mol. The Bertz CT molecular complexity index is 717. The lowest BCUT2D eigenvalue weighted by molar-refractivity contribution is -0.146. The number of esters is 1. The molecule has 150 valence electrons. The van der Waals surface area contributed by atoms with Crippen molar-refractivity contribution < 1.29 is 19.4 Å². The molecule has 1 heterocycles. The zero-order chi connectivity index (χ0) is 20.6. The predicted octanol–water partition coefficient (Wildman–Crippen LogP) is 4.01. The van der Waals surface area contributed by atoms with Gasteiger partial charge in [0.25, 0.3) is 5.91 Å². The minimum absolute atomic E-state index is 0.0654. The van der Waals surface area contributed by atoms with E-state index < -0.39 is 0 Å².